The van der Waals surface area contributed by atoms with Crippen molar-refractivity contribution in [2.45, 2.75) is 61.7 Å². The van der Waals surface area contributed by atoms with Crippen LogP contribution in [0.5, 0.6) is 0 Å². The van der Waals surface area contributed by atoms with Gasteiger partial charge in [-0.25, -0.2) is 0 Å². The maximum Gasteiger partial charge on any atom is 0 e. The Morgan fingerprint density at radius 1 is 0.596 bits per heavy atom. The van der Waals surface area contributed by atoms with Gasteiger partial charge in [0, 0.05) is 26.3 Å². The standard InChI is InChI=1S/C31H32GeNO.C20H20GeN.Ir/c1-31(2,3)20-21-16-17-33-28(18-21)27-9-7-8-26-25-15-12-23(19-29(25)34-30(26)27)22-10-13-24(14-11-22)32(4,5)6;1-21(2,3)19-13-14-20(22-15-19)18-11-9-17(10-12-18)16-7-5-4-6-8-16;/h7-8,10-19H,20H2,1-6H3;4-11,13-15H,1-3H3;/q2*-1;. The fourth-order valence-electron chi connectivity index (χ4n) is 7.00. The van der Waals surface area contributed by atoms with Gasteiger partial charge < -0.3 is 0 Å². The molecule has 57 heavy (non-hydrogen) atoms. The number of pyridine rings is 2. The minimum absolute atomic E-state index is 0. The average molecular weight is 1050 g/mol. The second-order valence-corrected chi connectivity index (χ2v) is 39.4. The Hall–Kier alpha value is -4.06. The van der Waals surface area contributed by atoms with E-state index in [0.29, 0.717) is 0 Å². The molecule has 0 N–H and O–H groups in total. The first-order valence-corrected chi connectivity index (χ1v) is 34.3. The Morgan fingerprint density at radius 3 is 1.89 bits per heavy atom. The average Bonchev–Trinajstić information content (AvgIpc) is 3.56. The van der Waals surface area contributed by atoms with E-state index in [1.54, 1.807) is 0 Å². The van der Waals surface area contributed by atoms with E-state index >= 15 is 0 Å². The fraction of sp³-hybridized carbons (Fsp3) is 0.216. The van der Waals surface area contributed by atoms with E-state index in [1.807, 2.05) is 30.6 Å². The van der Waals surface area contributed by atoms with Crippen molar-refractivity contribution in [3.8, 4) is 44.8 Å². The zero-order chi connectivity index (χ0) is 39.7. The molecule has 0 unspecified atom stereocenters. The minimum atomic E-state index is -1.82. The summed E-state index contributed by atoms with van der Waals surface area (Å²) in [7, 11) is 0. The van der Waals surface area contributed by atoms with Crippen molar-refractivity contribution in [1.29, 1.82) is 0 Å². The van der Waals surface area contributed by atoms with Gasteiger partial charge in [0.05, 0.1) is 0 Å². The Balaban J connectivity index is 0.000000207. The summed E-state index contributed by atoms with van der Waals surface area (Å²) in [5.41, 5.74) is 11.9. The van der Waals surface area contributed by atoms with E-state index in [2.05, 4.69) is 187 Å². The van der Waals surface area contributed by atoms with Gasteiger partial charge in [-0.2, -0.15) is 0 Å². The van der Waals surface area contributed by atoms with Crippen LogP contribution in [0.15, 0.2) is 144 Å². The summed E-state index contributed by atoms with van der Waals surface area (Å²) in [6.07, 6.45) is 4.95. The van der Waals surface area contributed by atoms with Crippen LogP contribution in [0.4, 0.5) is 0 Å². The predicted molar refractivity (Wildman–Crippen MR) is 244 cm³/mol. The fourth-order valence-corrected chi connectivity index (χ4v) is 11.6. The van der Waals surface area contributed by atoms with Crippen LogP contribution in [0.25, 0.3) is 66.7 Å². The maximum absolute atomic E-state index is 6.46. The summed E-state index contributed by atoms with van der Waals surface area (Å²) < 4.78 is 9.41. The van der Waals surface area contributed by atoms with Gasteiger partial charge in [0.15, 0.2) is 0 Å². The molecule has 0 fully saturated rings. The molecule has 0 aliphatic carbocycles. The molecule has 291 valence electrons. The van der Waals surface area contributed by atoms with Crippen LogP contribution >= 0.6 is 0 Å². The maximum atomic E-state index is 6.46. The number of nitrogens with zero attached hydrogens (tertiary/aromatic N) is 2. The molecule has 8 aromatic rings. The van der Waals surface area contributed by atoms with Crippen LogP contribution in [0.2, 0.25) is 34.5 Å². The van der Waals surface area contributed by atoms with Gasteiger partial charge in [-0.15, -0.1) is 0 Å². The monoisotopic (exact) mass is 1050 g/mol. The molecule has 0 atom stereocenters. The molecule has 3 nitrogen and oxygen atoms in total. The van der Waals surface area contributed by atoms with Gasteiger partial charge >= 0.3 is 291 Å². The Morgan fingerprint density at radius 2 is 1.26 bits per heavy atom. The molecular formula is C51H52Ge2IrN2O-2. The number of fused-ring (bicyclic) bond motifs is 3. The van der Waals surface area contributed by atoms with E-state index in [9.17, 15) is 0 Å². The van der Waals surface area contributed by atoms with Gasteiger partial charge in [0.1, 0.15) is 0 Å². The first-order valence-electron chi connectivity index (χ1n) is 19.6. The molecule has 3 heterocycles. The molecular weight excluding hydrogens is 994 g/mol. The molecule has 0 aliphatic heterocycles. The second-order valence-electron chi connectivity index (χ2n) is 18.1. The molecule has 0 aliphatic rings. The van der Waals surface area contributed by atoms with Crippen molar-refractivity contribution in [2.75, 3.05) is 0 Å². The van der Waals surface area contributed by atoms with Crippen LogP contribution in [0, 0.1) is 17.5 Å². The number of furan rings is 1. The first kappa shape index (κ1) is 42.5. The van der Waals surface area contributed by atoms with E-state index in [-0.39, 0.29) is 25.5 Å². The van der Waals surface area contributed by atoms with Crippen LogP contribution in [-0.4, -0.2) is 36.5 Å². The van der Waals surface area contributed by atoms with E-state index in [1.165, 1.54) is 36.6 Å². The van der Waals surface area contributed by atoms with Gasteiger partial charge in [-0.05, 0) is 17.9 Å². The smallest absolute Gasteiger partial charge is 0 e. The SMILES string of the molecule is CC(C)(C)Cc1ccnc(-c2[c-]ccc3c2oc2cc(-c4cc[c]([Ge]([CH3])([CH3])[CH3])cc4)ccc23)c1.[CH3][Ge]([CH3])([CH3])[c]1ccc(-c2[c-]cc(-c3ccccc3)cc2)nc1.[Ir]. The first-order chi connectivity index (χ1) is 26.6. The van der Waals surface area contributed by atoms with Gasteiger partial charge in [-0.3, -0.25) is 0 Å². The Labute approximate surface area is 358 Å². The Kier molecular flexibility index (Phi) is 13.0. The predicted octanol–water partition coefficient (Wildman–Crippen LogP) is 13.0. The number of hydrogen-bond donors (Lipinski definition) is 0. The molecule has 0 saturated heterocycles. The molecule has 3 aromatic heterocycles. The summed E-state index contributed by atoms with van der Waals surface area (Å²) in [6, 6.07) is 51.8. The zero-order valence-corrected chi connectivity index (χ0v) is 41.2. The molecule has 5 aromatic carbocycles. The number of hydrogen-bond acceptors (Lipinski definition) is 3. The quantitative estimate of drug-likeness (QED) is 0.118. The van der Waals surface area contributed by atoms with E-state index < -0.39 is 26.5 Å². The summed E-state index contributed by atoms with van der Waals surface area (Å²) in [6.45, 7) is 6.78. The van der Waals surface area contributed by atoms with Crippen LogP contribution in [0.3, 0.4) is 0 Å². The third-order valence-electron chi connectivity index (χ3n) is 10.2. The summed E-state index contributed by atoms with van der Waals surface area (Å²) in [5.74, 6) is 14.4. The summed E-state index contributed by atoms with van der Waals surface area (Å²) >= 11 is -3.59. The van der Waals surface area contributed by atoms with Crippen molar-refractivity contribution in [2.24, 2.45) is 5.41 Å². The molecule has 0 saturated carbocycles. The zero-order valence-electron chi connectivity index (χ0n) is 34.6. The van der Waals surface area contributed by atoms with Crippen molar-refractivity contribution < 1.29 is 24.5 Å². The molecule has 0 amide bonds. The normalized spacial score (nSPS) is 11.9. The topological polar surface area (TPSA) is 38.9 Å². The van der Waals surface area contributed by atoms with Crippen molar-refractivity contribution >= 4 is 57.3 Å². The number of rotatable bonds is 7. The Bertz CT molecular complexity index is 2580. The number of aromatic nitrogens is 2. The van der Waals surface area contributed by atoms with Crippen molar-refractivity contribution in [1.82, 2.24) is 9.97 Å². The van der Waals surface area contributed by atoms with Gasteiger partial charge in [-0.1, -0.05) is 26.3 Å². The molecule has 8 rings (SSSR count). The molecule has 6 heteroatoms. The largest absolute Gasteiger partial charge is 0 e. The van der Waals surface area contributed by atoms with Crippen molar-refractivity contribution in [3.63, 3.8) is 0 Å². The third-order valence-corrected chi connectivity index (χ3v) is 18.7. The summed E-state index contributed by atoms with van der Waals surface area (Å²) in [5, 5.41) is 2.23. The molecule has 0 spiro atoms. The minimum Gasteiger partial charge on any atom is 0 e. The van der Waals surface area contributed by atoms with Gasteiger partial charge in [0.25, 0.3) is 0 Å². The summed E-state index contributed by atoms with van der Waals surface area (Å²) in [4.78, 5) is 9.30. The second kappa shape index (κ2) is 17.4. The van der Waals surface area contributed by atoms with Crippen molar-refractivity contribution in [3.05, 3.63) is 157 Å². The third kappa shape index (κ3) is 10.3. The van der Waals surface area contributed by atoms with Crippen LogP contribution in [-0.2, 0) is 26.5 Å². The van der Waals surface area contributed by atoms with Crippen LogP contribution in [0.1, 0.15) is 26.3 Å². The molecule has 0 bridgehead atoms. The van der Waals surface area contributed by atoms with E-state index in [0.717, 1.165) is 50.9 Å². The number of benzene rings is 5. The van der Waals surface area contributed by atoms with Gasteiger partial charge in [0.2, 0.25) is 0 Å². The van der Waals surface area contributed by atoms with Crippen LogP contribution < -0.4 is 8.79 Å². The molecule has 1 radical (unpaired) electrons. The van der Waals surface area contributed by atoms with E-state index in [4.69, 9.17) is 4.42 Å².